The highest BCUT2D eigenvalue weighted by molar-refractivity contribution is 7.88. The summed E-state index contributed by atoms with van der Waals surface area (Å²) in [7, 11) is -4.48. The predicted octanol–water partition coefficient (Wildman–Crippen LogP) is 1.92. The first kappa shape index (κ1) is 12.6. The minimum atomic E-state index is -5.66. The maximum absolute atomic E-state index is 12.0. The van der Waals surface area contributed by atoms with Gasteiger partial charge in [0.2, 0.25) is 0 Å². The van der Waals surface area contributed by atoms with Crippen molar-refractivity contribution in [2.75, 3.05) is 7.11 Å². The number of halogens is 3. The van der Waals surface area contributed by atoms with E-state index < -0.39 is 21.4 Å². The Balaban J connectivity index is 3.06. The molecule has 0 spiro atoms. The summed E-state index contributed by atoms with van der Waals surface area (Å²) < 4.78 is 65.9. The Morgan fingerprint density at radius 1 is 1.12 bits per heavy atom. The highest BCUT2D eigenvalue weighted by Crippen LogP contribution is 2.32. The van der Waals surface area contributed by atoms with Crippen LogP contribution in [-0.2, 0) is 10.1 Å². The summed E-state index contributed by atoms with van der Waals surface area (Å²) in [6, 6.07) is 5.12. The zero-order valence-corrected chi connectivity index (χ0v) is 8.80. The van der Waals surface area contributed by atoms with Crippen molar-refractivity contribution < 1.29 is 30.5 Å². The quantitative estimate of drug-likeness (QED) is 0.612. The van der Waals surface area contributed by atoms with Crippen molar-refractivity contribution >= 4 is 10.1 Å². The molecule has 0 saturated carbocycles. The van der Waals surface area contributed by atoms with Crippen LogP contribution in [0.25, 0.3) is 0 Å². The van der Waals surface area contributed by atoms with Crippen LogP contribution in [0.5, 0.6) is 11.5 Å². The van der Waals surface area contributed by atoms with E-state index in [2.05, 4.69) is 8.92 Å². The number of rotatable bonds is 3. The van der Waals surface area contributed by atoms with E-state index in [1.165, 1.54) is 25.3 Å². The lowest BCUT2D eigenvalue weighted by Gasteiger charge is -2.11. The lowest BCUT2D eigenvalue weighted by molar-refractivity contribution is -0.0500. The van der Waals surface area contributed by atoms with Crippen molar-refractivity contribution in [1.29, 1.82) is 0 Å². The van der Waals surface area contributed by atoms with Gasteiger partial charge in [0.25, 0.3) is 0 Å². The summed E-state index contributed by atoms with van der Waals surface area (Å²) in [5.74, 6) is -0.613. The SMILES string of the molecule is COc1ccccc1OS(=O)(=O)C(F)(F)F. The Labute approximate surface area is 89.7 Å². The first-order chi connectivity index (χ1) is 7.28. The van der Waals surface area contributed by atoms with E-state index in [4.69, 9.17) is 0 Å². The zero-order chi connectivity index (χ0) is 12.4. The second-order valence-electron chi connectivity index (χ2n) is 2.63. The van der Waals surface area contributed by atoms with Crippen LogP contribution in [0.4, 0.5) is 13.2 Å². The number of hydrogen-bond donors (Lipinski definition) is 0. The van der Waals surface area contributed by atoms with Gasteiger partial charge in [-0.2, -0.15) is 21.6 Å². The number of methoxy groups -OCH3 is 1. The van der Waals surface area contributed by atoms with Gasteiger partial charge in [0.05, 0.1) is 7.11 Å². The van der Waals surface area contributed by atoms with Crippen LogP contribution in [0.3, 0.4) is 0 Å². The maximum Gasteiger partial charge on any atom is 0.534 e. The zero-order valence-electron chi connectivity index (χ0n) is 7.98. The standard InChI is InChI=1S/C8H7F3O4S/c1-14-6-4-2-3-5-7(6)15-16(12,13)8(9,10)11/h2-5H,1H3. The second-order valence-corrected chi connectivity index (χ2v) is 4.17. The Morgan fingerprint density at radius 2 is 1.62 bits per heavy atom. The van der Waals surface area contributed by atoms with Crippen LogP contribution < -0.4 is 8.92 Å². The van der Waals surface area contributed by atoms with Crippen molar-refractivity contribution in [2.45, 2.75) is 5.51 Å². The van der Waals surface area contributed by atoms with Gasteiger partial charge in [-0.1, -0.05) is 12.1 Å². The van der Waals surface area contributed by atoms with Gasteiger partial charge < -0.3 is 8.92 Å². The van der Waals surface area contributed by atoms with Crippen molar-refractivity contribution in [3.63, 3.8) is 0 Å². The average molecular weight is 256 g/mol. The van der Waals surface area contributed by atoms with Gasteiger partial charge in [-0.15, -0.1) is 0 Å². The van der Waals surface area contributed by atoms with Crippen LogP contribution in [0.2, 0.25) is 0 Å². The third-order valence-electron chi connectivity index (χ3n) is 1.55. The summed E-state index contributed by atoms with van der Waals surface area (Å²) in [4.78, 5) is 0. The molecular formula is C8H7F3O4S. The van der Waals surface area contributed by atoms with Crippen LogP contribution in [0, 0.1) is 0 Å². The van der Waals surface area contributed by atoms with Crippen molar-refractivity contribution in [1.82, 2.24) is 0 Å². The lowest BCUT2D eigenvalue weighted by atomic mass is 10.3. The molecule has 0 aliphatic rings. The van der Waals surface area contributed by atoms with Gasteiger partial charge in [0.15, 0.2) is 11.5 Å². The van der Waals surface area contributed by atoms with E-state index in [1.54, 1.807) is 0 Å². The fraction of sp³-hybridized carbons (Fsp3) is 0.250. The van der Waals surface area contributed by atoms with Gasteiger partial charge in [0, 0.05) is 0 Å². The molecule has 0 aromatic heterocycles. The van der Waals surface area contributed by atoms with Crippen LogP contribution in [0.1, 0.15) is 0 Å². The molecule has 0 atom stereocenters. The van der Waals surface area contributed by atoms with E-state index in [9.17, 15) is 21.6 Å². The van der Waals surface area contributed by atoms with Crippen molar-refractivity contribution in [2.24, 2.45) is 0 Å². The molecule has 8 heteroatoms. The maximum atomic E-state index is 12.0. The summed E-state index contributed by atoms with van der Waals surface area (Å²) in [5, 5.41) is 0. The molecule has 0 aliphatic heterocycles. The fourth-order valence-electron chi connectivity index (χ4n) is 0.853. The first-order valence-corrected chi connectivity index (χ1v) is 5.32. The topological polar surface area (TPSA) is 52.6 Å². The Hall–Kier alpha value is -1.44. The van der Waals surface area contributed by atoms with E-state index >= 15 is 0 Å². The molecule has 1 aromatic rings. The lowest BCUT2D eigenvalue weighted by Crippen LogP contribution is -2.28. The van der Waals surface area contributed by atoms with Crippen LogP contribution in [0.15, 0.2) is 24.3 Å². The monoisotopic (exact) mass is 256 g/mol. The summed E-state index contributed by atoms with van der Waals surface area (Å²) in [5.41, 5.74) is -5.46. The molecule has 0 unspecified atom stereocenters. The smallest absolute Gasteiger partial charge is 0.493 e. The minimum Gasteiger partial charge on any atom is -0.493 e. The fourth-order valence-corrected chi connectivity index (χ4v) is 1.32. The van der Waals surface area contributed by atoms with Crippen LogP contribution in [-0.4, -0.2) is 21.0 Å². The third kappa shape index (κ3) is 2.57. The molecule has 16 heavy (non-hydrogen) atoms. The van der Waals surface area contributed by atoms with Gasteiger partial charge in [-0.05, 0) is 12.1 Å². The first-order valence-electron chi connectivity index (χ1n) is 3.91. The molecule has 0 bridgehead atoms. The molecule has 90 valence electrons. The molecular weight excluding hydrogens is 249 g/mol. The van der Waals surface area contributed by atoms with Crippen molar-refractivity contribution in [3.05, 3.63) is 24.3 Å². The van der Waals surface area contributed by atoms with Gasteiger partial charge >= 0.3 is 15.6 Å². The number of alkyl halides is 3. The minimum absolute atomic E-state index is 0.102. The summed E-state index contributed by atoms with van der Waals surface area (Å²) >= 11 is 0. The Bertz CT molecular complexity index is 466. The molecule has 1 aromatic carbocycles. The summed E-state index contributed by atoms with van der Waals surface area (Å²) in [6.07, 6.45) is 0. The molecule has 0 aliphatic carbocycles. The second kappa shape index (κ2) is 4.20. The van der Waals surface area contributed by atoms with Gasteiger partial charge in [0.1, 0.15) is 0 Å². The third-order valence-corrected chi connectivity index (χ3v) is 2.52. The van der Waals surface area contributed by atoms with Gasteiger partial charge in [-0.3, -0.25) is 0 Å². The molecule has 0 amide bonds. The molecule has 0 fully saturated rings. The molecule has 4 nitrogen and oxygen atoms in total. The highest BCUT2D eigenvalue weighted by atomic mass is 32.2. The van der Waals surface area contributed by atoms with E-state index in [1.807, 2.05) is 0 Å². The molecule has 0 saturated heterocycles. The Kier molecular flexibility index (Phi) is 3.32. The molecule has 0 heterocycles. The molecule has 0 N–H and O–H groups in total. The normalized spacial score (nSPS) is 12.2. The summed E-state index contributed by atoms with van der Waals surface area (Å²) in [6.45, 7) is 0. The average Bonchev–Trinajstić information content (AvgIpc) is 2.16. The molecule has 1 rings (SSSR count). The largest absolute Gasteiger partial charge is 0.534 e. The van der Waals surface area contributed by atoms with Gasteiger partial charge in [-0.25, -0.2) is 0 Å². The highest BCUT2D eigenvalue weighted by Gasteiger charge is 2.48. The Morgan fingerprint density at radius 3 is 2.06 bits per heavy atom. The number of para-hydroxylation sites is 2. The number of ether oxygens (including phenoxy) is 1. The van der Waals surface area contributed by atoms with E-state index in [0.29, 0.717) is 0 Å². The number of hydrogen-bond acceptors (Lipinski definition) is 4. The van der Waals surface area contributed by atoms with Crippen LogP contribution >= 0.6 is 0 Å². The van der Waals surface area contributed by atoms with Crippen molar-refractivity contribution in [3.8, 4) is 11.5 Å². The molecule has 0 radical (unpaired) electrons. The van der Waals surface area contributed by atoms with E-state index in [-0.39, 0.29) is 5.75 Å². The number of benzene rings is 1. The van der Waals surface area contributed by atoms with E-state index in [0.717, 1.165) is 6.07 Å². The predicted molar refractivity (Wildman–Crippen MR) is 48.6 cm³/mol.